The van der Waals surface area contributed by atoms with E-state index in [2.05, 4.69) is 5.32 Å². The first-order valence-electron chi connectivity index (χ1n) is 10.4. The van der Waals surface area contributed by atoms with Crippen LogP contribution < -0.4 is 11.1 Å². The highest BCUT2D eigenvalue weighted by Gasteiger charge is 2.30. The number of aliphatic hydroxyl groups excluding tert-OH is 2. The molecule has 170 valence electrons. The molecule has 0 saturated carbocycles. The van der Waals surface area contributed by atoms with Gasteiger partial charge < -0.3 is 26.0 Å². The lowest BCUT2D eigenvalue weighted by Gasteiger charge is -2.19. The first-order valence-corrected chi connectivity index (χ1v) is 10.4. The first kappa shape index (κ1) is 22.3. The lowest BCUT2D eigenvalue weighted by Crippen LogP contribution is -2.36. The summed E-state index contributed by atoms with van der Waals surface area (Å²) in [5.41, 5.74) is 9.67. The number of amides is 1. The van der Waals surface area contributed by atoms with Crippen LogP contribution >= 0.6 is 0 Å². The summed E-state index contributed by atoms with van der Waals surface area (Å²) in [6.45, 7) is -0.275. The fourth-order valence-electron chi connectivity index (χ4n) is 4.13. The Balaban J connectivity index is 1.37. The van der Waals surface area contributed by atoms with E-state index in [0.717, 1.165) is 28.3 Å². The number of nitro benzene ring substituents is 1. The lowest BCUT2D eigenvalue weighted by atomic mass is 9.98. The molecule has 0 bridgehead atoms. The van der Waals surface area contributed by atoms with Crippen LogP contribution in [0.15, 0.2) is 66.7 Å². The summed E-state index contributed by atoms with van der Waals surface area (Å²) in [5, 5.41) is 34.2. The maximum atomic E-state index is 12.3. The molecule has 5 N–H and O–H groups in total. The largest absolute Gasteiger partial charge is 0.449 e. The Hall–Kier alpha value is -3.95. The molecule has 3 aromatic rings. The van der Waals surface area contributed by atoms with Crippen LogP contribution in [0.1, 0.15) is 28.7 Å². The third kappa shape index (κ3) is 4.50. The van der Waals surface area contributed by atoms with Crippen LogP contribution in [0.5, 0.6) is 0 Å². The number of benzene rings is 3. The average molecular weight is 449 g/mol. The van der Waals surface area contributed by atoms with Crippen molar-refractivity contribution in [3.8, 4) is 11.1 Å². The molecule has 2 unspecified atom stereocenters. The molecule has 1 amide bonds. The van der Waals surface area contributed by atoms with E-state index in [4.69, 9.17) is 10.5 Å². The van der Waals surface area contributed by atoms with Crippen molar-refractivity contribution in [1.29, 1.82) is 0 Å². The summed E-state index contributed by atoms with van der Waals surface area (Å²) in [4.78, 5) is 22.8. The van der Waals surface area contributed by atoms with Gasteiger partial charge in [0, 0.05) is 24.2 Å². The van der Waals surface area contributed by atoms with Gasteiger partial charge in [-0.25, -0.2) is 4.79 Å². The molecule has 0 radical (unpaired) electrons. The molecule has 9 heteroatoms. The third-order valence-corrected chi connectivity index (χ3v) is 5.73. The van der Waals surface area contributed by atoms with Crippen molar-refractivity contribution >= 4 is 17.5 Å². The number of aliphatic hydroxyl groups is 2. The highest BCUT2D eigenvalue weighted by atomic mass is 16.6. The van der Waals surface area contributed by atoms with Crippen LogP contribution in [0.2, 0.25) is 0 Å². The maximum Gasteiger partial charge on any atom is 0.407 e. The third-order valence-electron chi connectivity index (χ3n) is 5.73. The van der Waals surface area contributed by atoms with Crippen LogP contribution in [0, 0.1) is 10.1 Å². The molecule has 4 rings (SSSR count). The minimum atomic E-state index is -1.62. The standard InChI is InChI=1S/C24H23N3O6/c25-14-9-10-21(27(31)32)19(11-14)23(29)22(28)12-26-24(30)33-13-20-17-7-3-1-5-15(17)16-6-2-4-8-18(16)20/h1-11,20,22-23,28-29H,12-13,25H2,(H,26,30). The van der Waals surface area contributed by atoms with E-state index in [1.54, 1.807) is 0 Å². The van der Waals surface area contributed by atoms with Gasteiger partial charge in [0.15, 0.2) is 0 Å². The number of fused-ring (bicyclic) bond motifs is 3. The number of hydrogen-bond donors (Lipinski definition) is 4. The first-order chi connectivity index (χ1) is 15.9. The van der Waals surface area contributed by atoms with Gasteiger partial charge in [-0.3, -0.25) is 10.1 Å². The van der Waals surface area contributed by atoms with E-state index >= 15 is 0 Å². The van der Waals surface area contributed by atoms with Crippen molar-refractivity contribution in [3.63, 3.8) is 0 Å². The van der Waals surface area contributed by atoms with Gasteiger partial charge >= 0.3 is 6.09 Å². The molecular weight excluding hydrogens is 426 g/mol. The molecule has 0 heterocycles. The van der Waals surface area contributed by atoms with Crippen molar-refractivity contribution in [2.24, 2.45) is 0 Å². The summed E-state index contributed by atoms with van der Waals surface area (Å²) in [6.07, 6.45) is -3.90. The number of nitrogens with one attached hydrogen (secondary N) is 1. The number of ether oxygens (including phenoxy) is 1. The molecule has 33 heavy (non-hydrogen) atoms. The molecule has 0 saturated heterocycles. The molecule has 0 spiro atoms. The lowest BCUT2D eigenvalue weighted by molar-refractivity contribution is -0.386. The van der Waals surface area contributed by atoms with Gasteiger partial charge in [0.1, 0.15) is 18.8 Å². The number of carbonyl (C=O) groups excluding carboxylic acids is 1. The maximum absolute atomic E-state index is 12.3. The molecule has 1 aliphatic rings. The van der Waals surface area contributed by atoms with Crippen molar-refractivity contribution in [2.75, 3.05) is 18.9 Å². The van der Waals surface area contributed by atoms with Gasteiger partial charge in [-0.05, 0) is 34.4 Å². The predicted octanol–water partition coefficient (Wildman–Crippen LogP) is 3.11. The molecule has 0 aromatic heterocycles. The quantitative estimate of drug-likeness (QED) is 0.246. The zero-order valence-corrected chi connectivity index (χ0v) is 17.5. The molecule has 1 aliphatic carbocycles. The fourth-order valence-corrected chi connectivity index (χ4v) is 4.13. The Morgan fingerprint density at radius 3 is 2.27 bits per heavy atom. The van der Waals surface area contributed by atoms with Crippen molar-refractivity contribution in [3.05, 3.63) is 93.5 Å². The molecule has 9 nitrogen and oxygen atoms in total. The van der Waals surface area contributed by atoms with E-state index in [9.17, 15) is 25.1 Å². The summed E-state index contributed by atoms with van der Waals surface area (Å²) in [6, 6.07) is 19.6. The minimum Gasteiger partial charge on any atom is -0.449 e. The van der Waals surface area contributed by atoms with E-state index < -0.39 is 23.2 Å². The van der Waals surface area contributed by atoms with Gasteiger partial charge in [-0.1, -0.05) is 48.5 Å². The number of nitrogens with zero attached hydrogens (tertiary/aromatic N) is 1. The SMILES string of the molecule is Nc1ccc([N+](=O)[O-])c(C(O)C(O)CNC(=O)OCC2c3ccccc3-c3ccccc32)c1. The van der Waals surface area contributed by atoms with Gasteiger partial charge in [0.05, 0.1) is 10.5 Å². The highest BCUT2D eigenvalue weighted by Crippen LogP contribution is 2.44. The second-order valence-electron chi connectivity index (χ2n) is 7.79. The molecule has 0 fully saturated rings. The Bertz CT molecular complexity index is 1150. The van der Waals surface area contributed by atoms with Gasteiger partial charge in [0.2, 0.25) is 0 Å². The monoisotopic (exact) mass is 449 g/mol. The Morgan fingerprint density at radius 1 is 1.06 bits per heavy atom. The van der Waals surface area contributed by atoms with Gasteiger partial charge in [-0.2, -0.15) is 0 Å². The summed E-state index contributed by atoms with van der Waals surface area (Å²) in [5.74, 6) is -0.117. The number of rotatable bonds is 7. The average Bonchev–Trinajstić information content (AvgIpc) is 3.14. The summed E-state index contributed by atoms with van der Waals surface area (Å²) >= 11 is 0. The zero-order valence-electron chi connectivity index (χ0n) is 17.5. The predicted molar refractivity (Wildman–Crippen MR) is 122 cm³/mol. The molecule has 3 aromatic carbocycles. The summed E-state index contributed by atoms with van der Waals surface area (Å²) in [7, 11) is 0. The summed E-state index contributed by atoms with van der Waals surface area (Å²) < 4.78 is 5.39. The molecular formula is C24H23N3O6. The second kappa shape index (κ2) is 9.27. The molecule has 0 aliphatic heterocycles. The van der Waals surface area contributed by atoms with Crippen LogP contribution in [0.4, 0.5) is 16.2 Å². The number of nitrogen functional groups attached to an aromatic ring is 1. The number of nitro groups is 1. The van der Waals surface area contributed by atoms with Crippen LogP contribution in [-0.2, 0) is 4.74 Å². The van der Waals surface area contributed by atoms with Crippen LogP contribution in [0.25, 0.3) is 11.1 Å². The van der Waals surface area contributed by atoms with E-state index in [1.807, 2.05) is 48.5 Å². The number of carbonyl (C=O) groups is 1. The topological polar surface area (TPSA) is 148 Å². The Morgan fingerprint density at radius 2 is 1.67 bits per heavy atom. The van der Waals surface area contributed by atoms with Crippen molar-refractivity contribution < 1.29 is 24.7 Å². The highest BCUT2D eigenvalue weighted by molar-refractivity contribution is 5.79. The van der Waals surface area contributed by atoms with Gasteiger partial charge in [0.25, 0.3) is 5.69 Å². The van der Waals surface area contributed by atoms with E-state index in [-0.39, 0.29) is 36.0 Å². The van der Waals surface area contributed by atoms with Crippen LogP contribution in [0.3, 0.4) is 0 Å². The number of nitrogens with two attached hydrogens (primary N) is 1. The van der Waals surface area contributed by atoms with Crippen LogP contribution in [-0.4, -0.2) is 40.5 Å². The van der Waals surface area contributed by atoms with E-state index in [1.165, 1.54) is 12.1 Å². The Labute approximate surface area is 189 Å². The smallest absolute Gasteiger partial charge is 0.407 e. The molecule has 2 atom stereocenters. The van der Waals surface area contributed by atoms with Crippen molar-refractivity contribution in [2.45, 2.75) is 18.1 Å². The minimum absolute atomic E-state index is 0.0964. The Kier molecular flexibility index (Phi) is 6.25. The zero-order chi connectivity index (χ0) is 23.5. The normalized spacial score (nSPS) is 14.1. The fraction of sp³-hybridized carbons (Fsp3) is 0.208. The second-order valence-corrected chi connectivity index (χ2v) is 7.79. The van der Waals surface area contributed by atoms with Gasteiger partial charge in [-0.15, -0.1) is 0 Å². The van der Waals surface area contributed by atoms with E-state index in [0.29, 0.717) is 0 Å². The van der Waals surface area contributed by atoms with Crippen molar-refractivity contribution in [1.82, 2.24) is 5.32 Å². The number of hydrogen-bond acceptors (Lipinski definition) is 7. The number of anilines is 1. The number of alkyl carbamates (subject to hydrolysis) is 1.